The molecule has 3 amide bonds. The van der Waals surface area contributed by atoms with Gasteiger partial charge in [0.2, 0.25) is 0 Å². The average Bonchev–Trinajstić information content (AvgIpc) is 3.28. The lowest BCUT2D eigenvalue weighted by atomic mass is 10.1. The summed E-state index contributed by atoms with van der Waals surface area (Å²) in [5, 5.41) is 2.83. The first-order valence-electron chi connectivity index (χ1n) is 9.04. The van der Waals surface area contributed by atoms with Gasteiger partial charge in [-0.25, -0.2) is 4.90 Å². The molecule has 2 aromatic rings. The van der Waals surface area contributed by atoms with Gasteiger partial charge >= 0.3 is 0 Å². The lowest BCUT2D eigenvalue weighted by Crippen LogP contribution is -2.31. The molecule has 2 aliphatic rings. The first-order valence-corrected chi connectivity index (χ1v) is 9.04. The summed E-state index contributed by atoms with van der Waals surface area (Å²) in [6, 6.07) is 11.8. The fraction of sp³-hybridized carbons (Fsp3) is 0.286. The van der Waals surface area contributed by atoms with Crippen LogP contribution in [0.1, 0.15) is 49.5 Å². The van der Waals surface area contributed by atoms with E-state index in [1.807, 2.05) is 19.1 Å². The number of benzene rings is 2. The molecule has 0 aromatic heterocycles. The molecule has 6 nitrogen and oxygen atoms in total. The van der Waals surface area contributed by atoms with E-state index in [0.29, 0.717) is 23.4 Å². The first-order chi connectivity index (χ1) is 13.0. The van der Waals surface area contributed by atoms with Crippen LogP contribution in [0.15, 0.2) is 42.5 Å². The maximum Gasteiger partial charge on any atom is 0.266 e. The second kappa shape index (κ2) is 6.96. The Kier molecular flexibility index (Phi) is 4.49. The van der Waals surface area contributed by atoms with E-state index < -0.39 is 5.91 Å². The third-order valence-corrected chi connectivity index (χ3v) is 4.96. The highest BCUT2D eigenvalue weighted by molar-refractivity contribution is 6.34. The minimum absolute atomic E-state index is 0.0450. The second-order valence-corrected chi connectivity index (χ2v) is 6.89. The van der Waals surface area contributed by atoms with E-state index >= 15 is 0 Å². The molecule has 4 rings (SSSR count). The number of fused-ring (bicyclic) bond motifs is 1. The molecule has 0 spiro atoms. The monoisotopic (exact) mass is 364 g/mol. The third kappa shape index (κ3) is 3.24. The molecule has 138 valence electrons. The van der Waals surface area contributed by atoms with Crippen molar-refractivity contribution in [2.75, 3.05) is 18.1 Å². The van der Waals surface area contributed by atoms with E-state index in [-0.39, 0.29) is 23.5 Å². The highest BCUT2D eigenvalue weighted by Gasteiger charge is 2.37. The van der Waals surface area contributed by atoms with Gasteiger partial charge in [-0.1, -0.05) is 17.7 Å². The summed E-state index contributed by atoms with van der Waals surface area (Å²) in [6.45, 7) is 3.11. The van der Waals surface area contributed by atoms with Crippen molar-refractivity contribution in [3.05, 3.63) is 64.7 Å². The highest BCUT2D eigenvalue weighted by Crippen LogP contribution is 2.29. The van der Waals surface area contributed by atoms with Crippen LogP contribution in [0.5, 0.6) is 0 Å². The van der Waals surface area contributed by atoms with Gasteiger partial charge in [-0.15, -0.1) is 0 Å². The average molecular weight is 364 g/mol. The summed E-state index contributed by atoms with van der Waals surface area (Å²) < 4.78 is 5.50. The summed E-state index contributed by atoms with van der Waals surface area (Å²) in [7, 11) is 0. The molecule has 1 fully saturated rings. The third-order valence-electron chi connectivity index (χ3n) is 4.96. The Balaban J connectivity index is 1.54. The lowest BCUT2D eigenvalue weighted by molar-refractivity contribution is 0.0857. The van der Waals surface area contributed by atoms with E-state index in [2.05, 4.69) is 5.32 Å². The number of rotatable bonds is 4. The summed E-state index contributed by atoms with van der Waals surface area (Å²) in [4.78, 5) is 39.0. The molecule has 2 heterocycles. The van der Waals surface area contributed by atoms with Crippen molar-refractivity contribution in [2.24, 2.45) is 0 Å². The van der Waals surface area contributed by atoms with Gasteiger partial charge in [0.25, 0.3) is 17.7 Å². The Morgan fingerprint density at radius 1 is 1.11 bits per heavy atom. The fourth-order valence-corrected chi connectivity index (χ4v) is 3.42. The van der Waals surface area contributed by atoms with Gasteiger partial charge in [-0.05, 0) is 50.1 Å². The van der Waals surface area contributed by atoms with Gasteiger partial charge in [-0.3, -0.25) is 14.4 Å². The Hall–Kier alpha value is -2.99. The van der Waals surface area contributed by atoms with Gasteiger partial charge in [0.1, 0.15) is 0 Å². The van der Waals surface area contributed by atoms with Crippen LogP contribution in [0.25, 0.3) is 0 Å². The first kappa shape index (κ1) is 17.4. The summed E-state index contributed by atoms with van der Waals surface area (Å²) in [6.07, 6.45) is 1.98. The maximum atomic E-state index is 12.8. The van der Waals surface area contributed by atoms with Gasteiger partial charge < -0.3 is 10.1 Å². The van der Waals surface area contributed by atoms with Crippen LogP contribution >= 0.6 is 0 Å². The molecule has 1 atom stereocenters. The van der Waals surface area contributed by atoms with Crippen molar-refractivity contribution in [2.45, 2.75) is 25.9 Å². The zero-order valence-corrected chi connectivity index (χ0v) is 15.0. The Bertz CT molecular complexity index is 914. The smallest absolute Gasteiger partial charge is 0.266 e. The predicted molar refractivity (Wildman–Crippen MR) is 100 cm³/mol. The maximum absolute atomic E-state index is 12.8. The molecule has 6 heteroatoms. The van der Waals surface area contributed by atoms with Gasteiger partial charge in [-0.2, -0.15) is 0 Å². The van der Waals surface area contributed by atoms with Crippen LogP contribution in [0, 0.1) is 6.92 Å². The molecular formula is C21H20N2O4. The van der Waals surface area contributed by atoms with Crippen LogP contribution in [-0.4, -0.2) is 37.0 Å². The van der Waals surface area contributed by atoms with E-state index in [9.17, 15) is 14.4 Å². The molecule has 2 aromatic carbocycles. The number of carbonyl (C=O) groups is 3. The van der Waals surface area contributed by atoms with Gasteiger partial charge in [0.15, 0.2) is 0 Å². The largest absolute Gasteiger partial charge is 0.376 e. The molecule has 0 aliphatic carbocycles. The standard InChI is InChI=1S/C21H20N2O4/c1-13-4-7-15(8-5-13)23-20(25)17-9-6-14(11-18(17)21(23)26)19(24)22-12-16-3-2-10-27-16/h4-9,11,16H,2-3,10,12H2,1H3,(H,22,24). The van der Waals surface area contributed by atoms with Crippen molar-refractivity contribution in [3.8, 4) is 0 Å². The summed E-state index contributed by atoms with van der Waals surface area (Å²) in [5.41, 5.74) is 2.50. The Morgan fingerprint density at radius 3 is 2.56 bits per heavy atom. The number of imide groups is 1. The zero-order chi connectivity index (χ0) is 19.0. The van der Waals surface area contributed by atoms with Gasteiger partial charge in [0, 0.05) is 18.7 Å². The van der Waals surface area contributed by atoms with Crippen LogP contribution in [-0.2, 0) is 4.74 Å². The normalized spacial score (nSPS) is 18.7. The SMILES string of the molecule is Cc1ccc(N2C(=O)c3ccc(C(=O)NCC4CCCO4)cc3C2=O)cc1. The number of amides is 3. The van der Waals surface area contributed by atoms with E-state index in [1.54, 1.807) is 24.3 Å². The van der Waals surface area contributed by atoms with Crippen molar-refractivity contribution < 1.29 is 19.1 Å². The summed E-state index contributed by atoms with van der Waals surface area (Å²) in [5.74, 6) is -1.06. The van der Waals surface area contributed by atoms with Crippen molar-refractivity contribution >= 4 is 23.4 Å². The molecule has 0 saturated carbocycles. The van der Waals surface area contributed by atoms with Gasteiger partial charge in [0.05, 0.1) is 22.9 Å². The van der Waals surface area contributed by atoms with Crippen LogP contribution < -0.4 is 10.2 Å². The Labute approximate surface area is 157 Å². The number of hydrogen-bond acceptors (Lipinski definition) is 4. The highest BCUT2D eigenvalue weighted by atomic mass is 16.5. The number of aryl methyl sites for hydroxylation is 1. The minimum Gasteiger partial charge on any atom is -0.376 e. The second-order valence-electron chi connectivity index (χ2n) is 6.89. The number of ether oxygens (including phenoxy) is 1. The molecule has 1 N–H and O–H groups in total. The zero-order valence-electron chi connectivity index (χ0n) is 15.0. The van der Waals surface area contributed by atoms with Crippen LogP contribution in [0.4, 0.5) is 5.69 Å². The van der Waals surface area contributed by atoms with E-state index in [1.165, 1.54) is 6.07 Å². The molecule has 1 saturated heterocycles. The minimum atomic E-state index is -0.410. The van der Waals surface area contributed by atoms with Crippen molar-refractivity contribution in [1.82, 2.24) is 5.32 Å². The number of carbonyl (C=O) groups excluding carboxylic acids is 3. The van der Waals surface area contributed by atoms with Crippen molar-refractivity contribution in [3.63, 3.8) is 0 Å². The summed E-state index contributed by atoms with van der Waals surface area (Å²) >= 11 is 0. The number of nitrogens with one attached hydrogen (secondary N) is 1. The fourth-order valence-electron chi connectivity index (χ4n) is 3.42. The molecule has 27 heavy (non-hydrogen) atoms. The molecule has 0 radical (unpaired) electrons. The number of hydrogen-bond donors (Lipinski definition) is 1. The van der Waals surface area contributed by atoms with Crippen molar-refractivity contribution in [1.29, 1.82) is 0 Å². The molecule has 0 bridgehead atoms. The van der Waals surface area contributed by atoms with Crippen LogP contribution in [0.2, 0.25) is 0 Å². The topological polar surface area (TPSA) is 75.7 Å². The molecular weight excluding hydrogens is 344 g/mol. The number of nitrogens with zero attached hydrogens (tertiary/aromatic N) is 1. The Morgan fingerprint density at radius 2 is 1.85 bits per heavy atom. The molecule has 2 aliphatic heterocycles. The van der Waals surface area contributed by atoms with Crippen LogP contribution in [0.3, 0.4) is 0 Å². The quantitative estimate of drug-likeness (QED) is 0.847. The van der Waals surface area contributed by atoms with E-state index in [0.717, 1.165) is 29.9 Å². The molecule has 1 unspecified atom stereocenters. The van der Waals surface area contributed by atoms with E-state index in [4.69, 9.17) is 4.74 Å². The predicted octanol–water partition coefficient (Wildman–Crippen LogP) is 2.70. The number of anilines is 1. The lowest BCUT2D eigenvalue weighted by Gasteiger charge is -2.13.